The number of anilines is 2. The lowest BCUT2D eigenvalue weighted by Crippen LogP contribution is -2.36. The quantitative estimate of drug-likeness (QED) is 0.450. The van der Waals surface area contributed by atoms with Crippen LogP contribution >= 0.6 is 11.6 Å². The molecule has 5 rings (SSSR count). The lowest BCUT2D eigenvalue weighted by molar-refractivity contribution is 0.122. The van der Waals surface area contributed by atoms with Crippen molar-refractivity contribution in [2.45, 2.75) is 4.90 Å². The molecule has 2 aromatic carbocycles. The molecule has 7 nitrogen and oxygen atoms in total. The van der Waals surface area contributed by atoms with Gasteiger partial charge in [0.25, 0.3) is 10.0 Å². The molecule has 0 saturated carbocycles. The first kappa shape index (κ1) is 21.6. The van der Waals surface area contributed by atoms with Gasteiger partial charge >= 0.3 is 0 Å². The second-order valence-electron chi connectivity index (χ2n) is 7.63. The number of aromatic nitrogens is 2. The molecule has 0 radical (unpaired) electrons. The van der Waals surface area contributed by atoms with E-state index in [1.54, 1.807) is 36.5 Å². The van der Waals surface area contributed by atoms with Gasteiger partial charge in [-0.15, -0.1) is 0 Å². The molecule has 33 heavy (non-hydrogen) atoms. The number of fused-ring (bicyclic) bond motifs is 1. The molecule has 0 atom stereocenters. The van der Waals surface area contributed by atoms with Gasteiger partial charge in [0, 0.05) is 42.1 Å². The van der Waals surface area contributed by atoms with Gasteiger partial charge in [0.05, 0.1) is 23.9 Å². The summed E-state index contributed by atoms with van der Waals surface area (Å²) >= 11 is 6.47. The number of sulfonamides is 1. The van der Waals surface area contributed by atoms with Crippen molar-refractivity contribution in [3.8, 4) is 11.3 Å². The number of hydrogen-bond donors (Lipinski definition) is 1. The highest BCUT2D eigenvalue weighted by molar-refractivity contribution is 7.92. The third kappa shape index (κ3) is 4.50. The molecule has 0 spiro atoms. The Labute approximate surface area is 197 Å². The van der Waals surface area contributed by atoms with Crippen LogP contribution in [-0.4, -0.2) is 44.7 Å². The largest absolute Gasteiger partial charge is 0.378 e. The lowest BCUT2D eigenvalue weighted by atomic mass is 10.0. The van der Waals surface area contributed by atoms with Crippen LogP contribution in [0.3, 0.4) is 0 Å². The number of nitrogens with zero attached hydrogens (tertiary/aromatic N) is 3. The summed E-state index contributed by atoms with van der Waals surface area (Å²) in [7, 11) is -3.83. The zero-order valence-corrected chi connectivity index (χ0v) is 19.2. The smallest absolute Gasteiger partial charge is 0.263 e. The van der Waals surface area contributed by atoms with Crippen molar-refractivity contribution < 1.29 is 13.2 Å². The summed E-state index contributed by atoms with van der Waals surface area (Å²) in [6, 6.07) is 18.0. The molecule has 1 aliphatic heterocycles. The van der Waals surface area contributed by atoms with Crippen LogP contribution in [0.25, 0.3) is 22.0 Å². The van der Waals surface area contributed by atoms with Gasteiger partial charge in [0.2, 0.25) is 0 Å². The Balaban J connectivity index is 1.43. The van der Waals surface area contributed by atoms with E-state index in [2.05, 4.69) is 19.6 Å². The molecular formula is C24H21ClN4O3S. The maximum atomic E-state index is 13.0. The van der Waals surface area contributed by atoms with Gasteiger partial charge in [-0.2, -0.15) is 0 Å². The molecule has 0 aliphatic carbocycles. The maximum Gasteiger partial charge on any atom is 0.263 e. The van der Waals surface area contributed by atoms with Crippen LogP contribution in [0.1, 0.15) is 0 Å². The van der Waals surface area contributed by atoms with Crippen LogP contribution in [0.2, 0.25) is 5.02 Å². The molecule has 0 unspecified atom stereocenters. The highest BCUT2D eigenvalue weighted by Crippen LogP contribution is 2.34. The number of halogens is 1. The van der Waals surface area contributed by atoms with E-state index in [1.165, 1.54) is 6.20 Å². The highest BCUT2D eigenvalue weighted by Gasteiger charge is 2.18. The minimum absolute atomic E-state index is 0.0827. The molecule has 1 aliphatic rings. The van der Waals surface area contributed by atoms with E-state index in [0.29, 0.717) is 35.2 Å². The third-order valence-corrected chi connectivity index (χ3v) is 7.21. The predicted molar refractivity (Wildman–Crippen MR) is 130 cm³/mol. The molecule has 0 bridgehead atoms. The van der Waals surface area contributed by atoms with Crippen LogP contribution in [-0.2, 0) is 14.8 Å². The summed E-state index contributed by atoms with van der Waals surface area (Å²) in [6.45, 7) is 2.72. The van der Waals surface area contributed by atoms with Gasteiger partial charge in [0.1, 0.15) is 10.7 Å². The maximum absolute atomic E-state index is 13.0. The number of hydrogen-bond acceptors (Lipinski definition) is 6. The normalized spacial score (nSPS) is 14.4. The third-order valence-electron chi connectivity index (χ3n) is 5.51. The van der Waals surface area contributed by atoms with E-state index < -0.39 is 10.0 Å². The predicted octanol–water partition coefficient (Wildman–Crippen LogP) is 4.59. The van der Waals surface area contributed by atoms with Gasteiger partial charge in [-0.05, 0) is 41.8 Å². The number of pyridine rings is 2. The Hall–Kier alpha value is -3.20. The molecule has 0 amide bonds. The average molecular weight is 481 g/mol. The van der Waals surface area contributed by atoms with Gasteiger partial charge in [-0.25, -0.2) is 13.4 Å². The fourth-order valence-corrected chi connectivity index (χ4v) is 5.03. The van der Waals surface area contributed by atoms with Gasteiger partial charge in [-0.3, -0.25) is 9.71 Å². The van der Waals surface area contributed by atoms with Crippen molar-refractivity contribution in [2.24, 2.45) is 0 Å². The molecule has 3 heterocycles. The topological polar surface area (TPSA) is 84.4 Å². The second-order valence-corrected chi connectivity index (χ2v) is 9.72. The Morgan fingerprint density at radius 3 is 2.58 bits per heavy atom. The van der Waals surface area contributed by atoms with E-state index in [9.17, 15) is 8.42 Å². The van der Waals surface area contributed by atoms with Crippen molar-refractivity contribution >= 4 is 43.9 Å². The summed E-state index contributed by atoms with van der Waals surface area (Å²) in [6.07, 6.45) is 3.09. The first-order chi connectivity index (χ1) is 16.0. The van der Waals surface area contributed by atoms with Crippen LogP contribution < -0.4 is 9.62 Å². The number of benzene rings is 2. The average Bonchev–Trinajstić information content (AvgIpc) is 2.85. The summed E-state index contributed by atoms with van der Waals surface area (Å²) in [5, 5.41) is 2.44. The summed E-state index contributed by atoms with van der Waals surface area (Å²) < 4.78 is 34.0. The molecule has 1 saturated heterocycles. The lowest BCUT2D eigenvalue weighted by Gasteiger charge is -2.27. The fraction of sp³-hybridized carbons (Fsp3) is 0.167. The van der Waals surface area contributed by atoms with E-state index >= 15 is 0 Å². The highest BCUT2D eigenvalue weighted by atomic mass is 35.5. The molecule has 1 N–H and O–H groups in total. The summed E-state index contributed by atoms with van der Waals surface area (Å²) in [5.74, 6) is 0.730. The number of ether oxygens (including phenoxy) is 1. The minimum atomic E-state index is -3.83. The second kappa shape index (κ2) is 8.97. The van der Waals surface area contributed by atoms with Gasteiger partial charge in [-0.1, -0.05) is 35.9 Å². The fourth-order valence-electron chi connectivity index (χ4n) is 3.83. The standard InChI is InChI=1S/C24H21ClN4O3S/c25-22-7-5-18(15-21(22)24-20-4-2-1-3-17(20)9-10-26-24)28-33(30,31)19-6-8-23(27-16-19)29-11-13-32-14-12-29/h1-10,15-16,28H,11-14H2. The first-order valence-electron chi connectivity index (χ1n) is 10.5. The van der Waals surface area contributed by atoms with Crippen LogP contribution in [0.15, 0.2) is 78.0 Å². The van der Waals surface area contributed by atoms with Crippen molar-refractivity contribution in [3.63, 3.8) is 0 Å². The van der Waals surface area contributed by atoms with E-state index in [0.717, 1.165) is 29.7 Å². The zero-order valence-electron chi connectivity index (χ0n) is 17.6. The zero-order chi connectivity index (χ0) is 22.8. The number of morpholine rings is 1. The van der Waals surface area contributed by atoms with Crippen molar-refractivity contribution in [1.82, 2.24) is 9.97 Å². The van der Waals surface area contributed by atoms with E-state index in [1.807, 2.05) is 30.3 Å². The van der Waals surface area contributed by atoms with Crippen LogP contribution in [0, 0.1) is 0 Å². The Bertz CT molecular complexity index is 1400. The molecule has 168 valence electrons. The minimum Gasteiger partial charge on any atom is -0.378 e. The van der Waals surface area contributed by atoms with Crippen molar-refractivity contribution in [2.75, 3.05) is 35.9 Å². The number of rotatable bonds is 5. The molecule has 2 aromatic heterocycles. The summed E-state index contributed by atoms with van der Waals surface area (Å²) in [5.41, 5.74) is 1.73. The first-order valence-corrected chi connectivity index (χ1v) is 12.3. The number of nitrogens with one attached hydrogen (secondary N) is 1. The van der Waals surface area contributed by atoms with E-state index in [-0.39, 0.29) is 4.90 Å². The van der Waals surface area contributed by atoms with Crippen molar-refractivity contribution in [3.05, 3.63) is 78.1 Å². The Morgan fingerprint density at radius 2 is 1.79 bits per heavy atom. The molecule has 9 heteroatoms. The monoisotopic (exact) mass is 480 g/mol. The summed E-state index contributed by atoms with van der Waals surface area (Å²) in [4.78, 5) is 11.0. The molecule has 1 fully saturated rings. The SMILES string of the molecule is O=S(=O)(Nc1ccc(Cl)c(-c2nccc3ccccc23)c1)c1ccc(N2CCOCC2)nc1. The van der Waals surface area contributed by atoms with Gasteiger partial charge in [0.15, 0.2) is 0 Å². The van der Waals surface area contributed by atoms with Crippen LogP contribution in [0.5, 0.6) is 0 Å². The molecular weight excluding hydrogens is 460 g/mol. The Morgan fingerprint density at radius 1 is 0.970 bits per heavy atom. The van der Waals surface area contributed by atoms with E-state index in [4.69, 9.17) is 16.3 Å². The Kier molecular flexibility index (Phi) is 5.88. The van der Waals surface area contributed by atoms with Crippen LogP contribution in [0.4, 0.5) is 11.5 Å². The molecule has 4 aromatic rings. The van der Waals surface area contributed by atoms with Gasteiger partial charge < -0.3 is 9.64 Å². The van der Waals surface area contributed by atoms with Crippen molar-refractivity contribution in [1.29, 1.82) is 0 Å².